The topological polar surface area (TPSA) is 91.7 Å². The van der Waals surface area contributed by atoms with E-state index < -0.39 is 5.97 Å². The van der Waals surface area contributed by atoms with Gasteiger partial charge in [0, 0.05) is 56.5 Å². The number of aromatic nitrogens is 3. The Bertz CT molecular complexity index is 1480. The van der Waals surface area contributed by atoms with Gasteiger partial charge in [-0.05, 0) is 61.2 Å². The van der Waals surface area contributed by atoms with E-state index in [4.69, 9.17) is 43.0 Å². The van der Waals surface area contributed by atoms with Crippen molar-refractivity contribution >= 4 is 46.0 Å². The van der Waals surface area contributed by atoms with Crippen molar-refractivity contribution in [2.24, 2.45) is 0 Å². The normalized spacial score (nSPS) is 14.9. The number of halogens is 2. The van der Waals surface area contributed by atoms with Crippen molar-refractivity contribution in [1.29, 1.82) is 0 Å². The van der Waals surface area contributed by atoms with Crippen LogP contribution in [0.1, 0.15) is 36.7 Å². The number of unbranched alkanes of at least 4 members (excludes halogenated alkanes) is 1. The maximum Gasteiger partial charge on any atom is 0.303 e. The molecule has 1 atom stereocenters. The summed E-state index contributed by atoms with van der Waals surface area (Å²) in [6.07, 6.45) is 3.58. The number of benzene rings is 2. The first kappa shape index (κ1) is 28.2. The van der Waals surface area contributed by atoms with Crippen LogP contribution in [0, 0.1) is 0 Å². The number of anilines is 1. The van der Waals surface area contributed by atoms with Gasteiger partial charge in [-0.3, -0.25) is 9.69 Å². The van der Waals surface area contributed by atoms with Crippen molar-refractivity contribution in [3.05, 3.63) is 82.1 Å². The minimum absolute atomic E-state index is 0.136. The van der Waals surface area contributed by atoms with Crippen LogP contribution >= 0.6 is 23.2 Å². The van der Waals surface area contributed by atoms with Gasteiger partial charge < -0.3 is 14.7 Å². The molecular formula is C30H31Cl2N5O3. The van der Waals surface area contributed by atoms with E-state index in [1.165, 1.54) is 0 Å². The molecule has 1 unspecified atom stereocenters. The van der Waals surface area contributed by atoms with Gasteiger partial charge >= 0.3 is 5.97 Å². The average Bonchev–Trinajstić information content (AvgIpc) is 2.96. The number of carboxylic acid groups (broad SMARTS) is 1. The van der Waals surface area contributed by atoms with Gasteiger partial charge in [0.1, 0.15) is 12.0 Å². The lowest BCUT2D eigenvalue weighted by Gasteiger charge is -2.39. The highest BCUT2D eigenvalue weighted by Crippen LogP contribution is 2.31. The third-order valence-corrected chi connectivity index (χ3v) is 7.67. The van der Waals surface area contributed by atoms with Crippen molar-refractivity contribution in [1.82, 2.24) is 19.9 Å². The fourth-order valence-corrected chi connectivity index (χ4v) is 5.48. The van der Waals surface area contributed by atoms with E-state index in [9.17, 15) is 4.79 Å². The number of aliphatic carboxylic acids is 1. The van der Waals surface area contributed by atoms with Gasteiger partial charge in [-0.25, -0.2) is 15.0 Å². The summed E-state index contributed by atoms with van der Waals surface area (Å²) in [5.74, 6) is 0.0212. The second-order valence-electron chi connectivity index (χ2n) is 9.79. The highest BCUT2D eigenvalue weighted by molar-refractivity contribution is 6.33. The molecule has 4 aromatic rings. The summed E-state index contributed by atoms with van der Waals surface area (Å²) in [6.45, 7) is 3.16. The number of aryl methyl sites for hydroxylation is 1. The number of nitrogens with zero attached hydrogens (tertiary/aromatic N) is 5. The van der Waals surface area contributed by atoms with Gasteiger partial charge in [0.2, 0.25) is 0 Å². The minimum atomic E-state index is -0.790. The molecule has 0 bridgehead atoms. The zero-order chi connectivity index (χ0) is 28.1. The largest absolute Gasteiger partial charge is 0.481 e. The Hall–Kier alpha value is -3.30. The third kappa shape index (κ3) is 6.53. The Morgan fingerprint density at radius 1 is 1.00 bits per heavy atom. The first-order valence-electron chi connectivity index (χ1n) is 13.3. The van der Waals surface area contributed by atoms with Crippen molar-refractivity contribution in [2.45, 2.75) is 31.9 Å². The predicted molar refractivity (Wildman–Crippen MR) is 158 cm³/mol. The summed E-state index contributed by atoms with van der Waals surface area (Å²) in [7, 11) is 1.72. The SMILES string of the molecule is COC(c1ccc2nc(-c3ccc(Cl)cc3)c(CCCCC(=O)O)nc2c1)N1CCN(c2ncccc2Cl)CC1. The fourth-order valence-electron chi connectivity index (χ4n) is 5.12. The first-order valence-corrected chi connectivity index (χ1v) is 14.1. The number of ether oxygens (including phenoxy) is 1. The molecule has 40 heavy (non-hydrogen) atoms. The van der Waals surface area contributed by atoms with Gasteiger partial charge in [0.15, 0.2) is 0 Å². The highest BCUT2D eigenvalue weighted by Gasteiger charge is 2.27. The zero-order valence-electron chi connectivity index (χ0n) is 22.3. The van der Waals surface area contributed by atoms with Crippen LogP contribution in [0.5, 0.6) is 0 Å². The Labute approximate surface area is 243 Å². The first-order chi connectivity index (χ1) is 19.4. The summed E-state index contributed by atoms with van der Waals surface area (Å²) >= 11 is 12.5. The van der Waals surface area contributed by atoms with Crippen molar-refractivity contribution in [2.75, 3.05) is 38.2 Å². The van der Waals surface area contributed by atoms with Crippen molar-refractivity contribution in [3.8, 4) is 11.3 Å². The smallest absolute Gasteiger partial charge is 0.303 e. The number of pyridine rings is 1. The second-order valence-corrected chi connectivity index (χ2v) is 10.6. The molecule has 1 aliphatic rings. The fraction of sp³-hybridized carbons (Fsp3) is 0.333. The van der Waals surface area contributed by atoms with Crippen LogP contribution in [0.15, 0.2) is 60.8 Å². The van der Waals surface area contributed by atoms with Crippen LogP contribution in [-0.4, -0.2) is 64.2 Å². The molecule has 1 aliphatic heterocycles. The van der Waals surface area contributed by atoms with E-state index in [1.54, 1.807) is 13.3 Å². The molecule has 8 nitrogen and oxygen atoms in total. The zero-order valence-corrected chi connectivity index (χ0v) is 23.8. The number of piperazine rings is 1. The molecule has 3 heterocycles. The minimum Gasteiger partial charge on any atom is -0.481 e. The van der Waals surface area contributed by atoms with E-state index in [2.05, 4.69) is 14.8 Å². The molecular weight excluding hydrogens is 549 g/mol. The number of hydrogen-bond donors (Lipinski definition) is 1. The van der Waals surface area contributed by atoms with Gasteiger partial charge in [-0.1, -0.05) is 41.4 Å². The molecule has 0 amide bonds. The van der Waals surface area contributed by atoms with Crippen LogP contribution in [0.4, 0.5) is 5.82 Å². The number of carbonyl (C=O) groups is 1. The average molecular weight is 581 g/mol. The van der Waals surface area contributed by atoms with Crippen molar-refractivity contribution < 1.29 is 14.6 Å². The summed E-state index contributed by atoms with van der Waals surface area (Å²) in [4.78, 5) is 30.0. The van der Waals surface area contributed by atoms with E-state index in [1.807, 2.05) is 54.6 Å². The van der Waals surface area contributed by atoms with Crippen molar-refractivity contribution in [3.63, 3.8) is 0 Å². The van der Waals surface area contributed by atoms with Crippen LogP contribution in [0.2, 0.25) is 10.0 Å². The lowest BCUT2D eigenvalue weighted by Crippen LogP contribution is -2.48. The molecule has 0 aliphatic carbocycles. The molecule has 1 N–H and O–H groups in total. The molecule has 1 fully saturated rings. The molecule has 10 heteroatoms. The molecule has 2 aromatic heterocycles. The molecule has 5 rings (SSSR count). The monoisotopic (exact) mass is 579 g/mol. The summed E-state index contributed by atoms with van der Waals surface area (Å²) in [5, 5.41) is 10.3. The Balaban J connectivity index is 1.39. The number of methoxy groups -OCH3 is 1. The predicted octanol–water partition coefficient (Wildman–Crippen LogP) is 6.26. The lowest BCUT2D eigenvalue weighted by molar-refractivity contribution is -0.137. The Morgan fingerprint density at radius 3 is 2.48 bits per heavy atom. The molecule has 0 radical (unpaired) electrons. The van der Waals surface area contributed by atoms with E-state index in [0.717, 1.165) is 65.5 Å². The quantitative estimate of drug-likeness (QED) is 0.220. The molecule has 0 spiro atoms. The Morgan fingerprint density at radius 2 is 1.77 bits per heavy atom. The molecule has 0 saturated carbocycles. The van der Waals surface area contributed by atoms with Crippen LogP contribution in [-0.2, 0) is 16.0 Å². The number of hydrogen-bond acceptors (Lipinski definition) is 7. The van der Waals surface area contributed by atoms with E-state index in [-0.39, 0.29) is 12.6 Å². The van der Waals surface area contributed by atoms with Crippen LogP contribution in [0.3, 0.4) is 0 Å². The maximum absolute atomic E-state index is 11.0. The Kier molecular flexibility index (Phi) is 9.11. The molecule has 208 valence electrons. The number of carboxylic acids is 1. The van der Waals surface area contributed by atoms with Crippen LogP contribution in [0.25, 0.3) is 22.3 Å². The molecule has 2 aromatic carbocycles. The van der Waals surface area contributed by atoms with E-state index in [0.29, 0.717) is 29.3 Å². The maximum atomic E-state index is 11.0. The van der Waals surface area contributed by atoms with Gasteiger partial charge in [-0.15, -0.1) is 0 Å². The number of rotatable bonds is 10. The standard InChI is InChI=1S/C30H31Cl2N5O3/c1-40-30(37-17-15-36(16-18-37)29-23(32)5-4-14-33-29)21-10-13-24-26(19-21)34-25(6-2-3-7-27(38)39)28(35-24)20-8-11-22(31)12-9-20/h4-5,8-14,19,30H,2-3,6-7,15-18H2,1H3,(H,38,39). The summed E-state index contributed by atoms with van der Waals surface area (Å²) in [6, 6.07) is 17.3. The van der Waals surface area contributed by atoms with Gasteiger partial charge in [0.25, 0.3) is 0 Å². The van der Waals surface area contributed by atoms with Gasteiger partial charge in [0.05, 0.1) is 27.4 Å². The highest BCUT2D eigenvalue weighted by atomic mass is 35.5. The van der Waals surface area contributed by atoms with E-state index >= 15 is 0 Å². The third-order valence-electron chi connectivity index (χ3n) is 7.13. The van der Waals surface area contributed by atoms with Gasteiger partial charge in [-0.2, -0.15) is 0 Å². The second kappa shape index (κ2) is 12.9. The molecule has 1 saturated heterocycles. The van der Waals surface area contributed by atoms with Crippen LogP contribution < -0.4 is 4.90 Å². The summed E-state index contributed by atoms with van der Waals surface area (Å²) < 4.78 is 5.98. The number of fused-ring (bicyclic) bond motifs is 1. The summed E-state index contributed by atoms with van der Waals surface area (Å²) in [5.41, 5.74) is 5.13. The lowest BCUT2D eigenvalue weighted by atomic mass is 10.0.